The third-order valence-corrected chi connectivity index (χ3v) is 5.67. The summed E-state index contributed by atoms with van der Waals surface area (Å²) >= 11 is 0. The van der Waals surface area contributed by atoms with Crippen molar-refractivity contribution in [2.24, 2.45) is 5.92 Å². The standard InChI is InChI=1S/C19H27N7O/c27-19(14-5-4-10-26(13-14)15-6-2-1-3-7-15)22-12-17-23-18(25-24-17)16-11-20-8-9-21-16/h8-9,11,14-15H,1-7,10,12-13H2,(H,22,27)(H,23,24,25)/t14-/m1/s1. The fraction of sp³-hybridized carbons (Fsp3) is 0.632. The number of hydrogen-bond donors (Lipinski definition) is 2. The predicted octanol–water partition coefficient (Wildman–Crippen LogP) is 1.92. The molecule has 1 aliphatic carbocycles. The summed E-state index contributed by atoms with van der Waals surface area (Å²) in [6.07, 6.45) is 13.5. The zero-order valence-corrected chi connectivity index (χ0v) is 15.6. The second-order valence-corrected chi connectivity index (χ2v) is 7.54. The monoisotopic (exact) mass is 369 g/mol. The smallest absolute Gasteiger partial charge is 0.224 e. The number of piperidine rings is 1. The molecule has 2 aliphatic rings. The van der Waals surface area contributed by atoms with Crippen LogP contribution in [0.25, 0.3) is 11.5 Å². The number of rotatable bonds is 5. The topological polar surface area (TPSA) is 99.7 Å². The van der Waals surface area contributed by atoms with Crippen LogP contribution in [0.5, 0.6) is 0 Å². The van der Waals surface area contributed by atoms with E-state index in [0.717, 1.165) is 25.9 Å². The average Bonchev–Trinajstić information content (AvgIpc) is 3.22. The number of likely N-dealkylation sites (tertiary alicyclic amines) is 1. The molecular weight excluding hydrogens is 342 g/mol. The van der Waals surface area contributed by atoms with E-state index in [9.17, 15) is 4.79 Å². The third kappa shape index (κ3) is 4.50. The number of carbonyl (C=O) groups is 1. The molecule has 27 heavy (non-hydrogen) atoms. The number of H-pyrrole nitrogens is 1. The molecule has 3 heterocycles. The van der Waals surface area contributed by atoms with Crippen LogP contribution in [0.1, 0.15) is 50.8 Å². The number of aromatic amines is 1. The highest BCUT2D eigenvalue weighted by molar-refractivity contribution is 5.78. The van der Waals surface area contributed by atoms with Crippen LogP contribution in [-0.4, -0.2) is 55.1 Å². The van der Waals surface area contributed by atoms with E-state index < -0.39 is 0 Å². The second-order valence-electron chi connectivity index (χ2n) is 7.54. The van der Waals surface area contributed by atoms with Gasteiger partial charge in [0.2, 0.25) is 11.7 Å². The van der Waals surface area contributed by atoms with Crippen molar-refractivity contribution in [1.29, 1.82) is 0 Å². The van der Waals surface area contributed by atoms with Crippen LogP contribution >= 0.6 is 0 Å². The number of amides is 1. The van der Waals surface area contributed by atoms with Crippen LogP contribution in [0.2, 0.25) is 0 Å². The molecule has 0 aromatic carbocycles. The van der Waals surface area contributed by atoms with Crippen LogP contribution in [-0.2, 0) is 11.3 Å². The zero-order valence-electron chi connectivity index (χ0n) is 15.6. The Morgan fingerprint density at radius 1 is 1.19 bits per heavy atom. The van der Waals surface area contributed by atoms with Crippen molar-refractivity contribution in [3.63, 3.8) is 0 Å². The molecule has 0 bridgehead atoms. The van der Waals surface area contributed by atoms with Gasteiger partial charge in [0.15, 0.2) is 0 Å². The van der Waals surface area contributed by atoms with Gasteiger partial charge in [-0.3, -0.25) is 19.8 Å². The Kier molecular flexibility index (Phi) is 5.72. The second kappa shape index (κ2) is 8.56. The van der Waals surface area contributed by atoms with E-state index in [1.807, 2.05) is 0 Å². The number of carbonyl (C=O) groups excluding carboxylic acids is 1. The van der Waals surface area contributed by atoms with Gasteiger partial charge in [0.25, 0.3) is 0 Å². The van der Waals surface area contributed by atoms with Crippen molar-refractivity contribution >= 4 is 5.91 Å². The number of hydrogen-bond acceptors (Lipinski definition) is 6. The van der Waals surface area contributed by atoms with Gasteiger partial charge in [-0.1, -0.05) is 19.3 Å². The quantitative estimate of drug-likeness (QED) is 0.835. The van der Waals surface area contributed by atoms with Crippen molar-refractivity contribution in [2.75, 3.05) is 13.1 Å². The van der Waals surface area contributed by atoms with Gasteiger partial charge in [-0.05, 0) is 32.2 Å². The van der Waals surface area contributed by atoms with Gasteiger partial charge < -0.3 is 5.32 Å². The molecule has 2 N–H and O–H groups in total. The lowest BCUT2D eigenvalue weighted by atomic mass is 9.90. The zero-order chi connectivity index (χ0) is 18.5. The van der Waals surface area contributed by atoms with E-state index in [-0.39, 0.29) is 11.8 Å². The van der Waals surface area contributed by atoms with Crippen LogP contribution < -0.4 is 5.32 Å². The van der Waals surface area contributed by atoms with E-state index in [1.54, 1.807) is 18.6 Å². The lowest BCUT2D eigenvalue weighted by Crippen LogP contribution is -2.47. The van der Waals surface area contributed by atoms with E-state index in [0.29, 0.717) is 29.9 Å². The minimum absolute atomic E-state index is 0.0723. The SMILES string of the molecule is O=C(NCc1nc(-c2cnccn2)n[nH]1)[C@@H]1CCCN(C2CCCCC2)C1. The Morgan fingerprint density at radius 3 is 2.89 bits per heavy atom. The summed E-state index contributed by atoms with van der Waals surface area (Å²) in [7, 11) is 0. The lowest BCUT2D eigenvalue weighted by Gasteiger charge is -2.39. The summed E-state index contributed by atoms with van der Waals surface area (Å²) in [5.74, 6) is 1.31. The predicted molar refractivity (Wildman–Crippen MR) is 100 cm³/mol. The molecule has 8 heteroatoms. The molecule has 1 atom stereocenters. The van der Waals surface area contributed by atoms with E-state index >= 15 is 0 Å². The fourth-order valence-electron chi connectivity index (χ4n) is 4.22. The molecule has 2 fully saturated rings. The van der Waals surface area contributed by atoms with Gasteiger partial charge in [0, 0.05) is 25.0 Å². The molecule has 0 spiro atoms. The Hall–Kier alpha value is -2.35. The van der Waals surface area contributed by atoms with Gasteiger partial charge >= 0.3 is 0 Å². The van der Waals surface area contributed by atoms with Crippen molar-refractivity contribution in [3.8, 4) is 11.5 Å². The summed E-state index contributed by atoms with van der Waals surface area (Å²) in [5, 5.41) is 10.0. The molecule has 1 saturated heterocycles. The van der Waals surface area contributed by atoms with Crippen LogP contribution in [0.3, 0.4) is 0 Å². The van der Waals surface area contributed by atoms with E-state index in [4.69, 9.17) is 0 Å². The summed E-state index contributed by atoms with van der Waals surface area (Å²) in [4.78, 5) is 27.8. The Bertz CT molecular complexity index is 742. The first-order valence-corrected chi connectivity index (χ1v) is 9.99. The van der Waals surface area contributed by atoms with Crippen molar-refractivity contribution in [2.45, 2.75) is 57.5 Å². The largest absolute Gasteiger partial charge is 0.349 e. The number of aromatic nitrogens is 5. The van der Waals surface area contributed by atoms with Crippen LogP contribution in [0.4, 0.5) is 0 Å². The highest BCUT2D eigenvalue weighted by Gasteiger charge is 2.30. The molecule has 144 valence electrons. The minimum Gasteiger partial charge on any atom is -0.349 e. The first kappa shape index (κ1) is 18.0. The molecule has 4 rings (SSSR count). The van der Waals surface area contributed by atoms with Gasteiger partial charge in [-0.15, -0.1) is 0 Å². The van der Waals surface area contributed by atoms with E-state index in [1.165, 1.54) is 32.1 Å². The minimum atomic E-state index is 0.0723. The maximum absolute atomic E-state index is 12.7. The Balaban J connectivity index is 1.29. The number of nitrogens with zero attached hydrogens (tertiary/aromatic N) is 5. The van der Waals surface area contributed by atoms with Gasteiger partial charge in [-0.2, -0.15) is 5.10 Å². The molecule has 0 radical (unpaired) electrons. The molecule has 1 amide bonds. The fourth-order valence-corrected chi connectivity index (χ4v) is 4.22. The Morgan fingerprint density at radius 2 is 2.07 bits per heavy atom. The molecule has 8 nitrogen and oxygen atoms in total. The molecular formula is C19H27N7O. The van der Waals surface area contributed by atoms with Crippen LogP contribution in [0.15, 0.2) is 18.6 Å². The molecule has 1 aliphatic heterocycles. The van der Waals surface area contributed by atoms with Crippen molar-refractivity contribution < 1.29 is 4.79 Å². The lowest BCUT2D eigenvalue weighted by molar-refractivity contribution is -0.127. The maximum atomic E-state index is 12.7. The Labute approximate surface area is 159 Å². The van der Waals surface area contributed by atoms with Crippen LogP contribution in [0, 0.1) is 5.92 Å². The third-order valence-electron chi connectivity index (χ3n) is 5.67. The summed E-state index contributed by atoms with van der Waals surface area (Å²) in [6.45, 7) is 2.38. The highest BCUT2D eigenvalue weighted by atomic mass is 16.1. The normalized spacial score (nSPS) is 21.9. The summed E-state index contributed by atoms with van der Waals surface area (Å²) in [6, 6.07) is 0.679. The van der Waals surface area contributed by atoms with Gasteiger partial charge in [0.1, 0.15) is 11.5 Å². The highest BCUT2D eigenvalue weighted by Crippen LogP contribution is 2.27. The molecule has 1 saturated carbocycles. The molecule has 2 aromatic rings. The van der Waals surface area contributed by atoms with Crippen molar-refractivity contribution in [3.05, 3.63) is 24.4 Å². The first-order valence-electron chi connectivity index (χ1n) is 9.99. The number of nitrogens with one attached hydrogen (secondary N) is 2. The van der Waals surface area contributed by atoms with Gasteiger partial charge in [-0.25, -0.2) is 9.97 Å². The van der Waals surface area contributed by atoms with E-state index in [2.05, 4.69) is 35.4 Å². The maximum Gasteiger partial charge on any atom is 0.224 e. The summed E-state index contributed by atoms with van der Waals surface area (Å²) in [5.41, 5.74) is 0.613. The molecule has 0 unspecified atom stereocenters. The van der Waals surface area contributed by atoms with Gasteiger partial charge in [0.05, 0.1) is 18.7 Å². The summed E-state index contributed by atoms with van der Waals surface area (Å²) < 4.78 is 0. The average molecular weight is 369 g/mol. The molecule has 2 aromatic heterocycles. The van der Waals surface area contributed by atoms with Crippen molar-refractivity contribution in [1.82, 2.24) is 35.4 Å². The first-order chi connectivity index (χ1) is 13.3.